The van der Waals surface area contributed by atoms with Gasteiger partial charge in [-0.1, -0.05) is 49.7 Å². The monoisotopic (exact) mass is 485 g/mol. The van der Waals surface area contributed by atoms with E-state index in [1.165, 1.54) is 4.90 Å². The Morgan fingerprint density at radius 1 is 1.26 bits per heavy atom. The van der Waals surface area contributed by atoms with Crippen molar-refractivity contribution in [3.05, 3.63) is 52.3 Å². The lowest BCUT2D eigenvalue weighted by atomic mass is 10.0. The Labute approximate surface area is 187 Å². The van der Waals surface area contributed by atoms with E-state index >= 15 is 0 Å². The van der Waals surface area contributed by atoms with E-state index in [2.05, 4.69) is 23.8 Å². The van der Waals surface area contributed by atoms with Gasteiger partial charge in [0.1, 0.15) is 0 Å². The van der Waals surface area contributed by atoms with Crippen molar-refractivity contribution in [3.8, 4) is 0 Å². The molecule has 1 amide bonds. The number of aromatic nitrogens is 2. The molecule has 3 rings (SSSR count). The van der Waals surface area contributed by atoms with Gasteiger partial charge in [-0.05, 0) is 23.5 Å². The summed E-state index contributed by atoms with van der Waals surface area (Å²) in [4.78, 5) is 22.4. The number of nitrogens with zero attached hydrogens (tertiary/aromatic N) is 3. The molecule has 0 radical (unpaired) electrons. The number of carbonyl (C=O) groups is 1. The fourth-order valence-electron chi connectivity index (χ4n) is 3.41. The summed E-state index contributed by atoms with van der Waals surface area (Å²) in [5.41, 5.74) is 1.69. The summed E-state index contributed by atoms with van der Waals surface area (Å²) in [5.74, 6) is -0.460. The van der Waals surface area contributed by atoms with Crippen molar-refractivity contribution >= 4 is 37.2 Å². The number of hydrogen-bond acceptors (Lipinski definition) is 7. The highest BCUT2D eigenvalue weighted by atomic mass is 35.5. The Morgan fingerprint density at radius 2 is 1.90 bits per heavy atom. The lowest BCUT2D eigenvalue weighted by molar-refractivity contribution is 0.0674. The van der Waals surface area contributed by atoms with Crippen LogP contribution in [0.5, 0.6) is 0 Å². The summed E-state index contributed by atoms with van der Waals surface area (Å²) < 4.78 is 47.8. The van der Waals surface area contributed by atoms with Crippen LogP contribution in [0.3, 0.4) is 0 Å². The number of halogens is 1. The zero-order chi connectivity index (χ0) is 23.0. The van der Waals surface area contributed by atoms with Crippen LogP contribution in [0.15, 0.2) is 35.6 Å². The van der Waals surface area contributed by atoms with E-state index in [0.717, 1.165) is 23.6 Å². The van der Waals surface area contributed by atoms with Gasteiger partial charge in [0.2, 0.25) is 15.0 Å². The van der Waals surface area contributed by atoms with Crippen LogP contribution in [0.25, 0.3) is 0 Å². The summed E-state index contributed by atoms with van der Waals surface area (Å²) >= 11 is 6.12. The number of rotatable bonds is 6. The molecule has 0 bridgehead atoms. The zero-order valence-corrected chi connectivity index (χ0v) is 19.8. The minimum atomic E-state index is -3.76. The van der Waals surface area contributed by atoms with Gasteiger partial charge in [-0.2, -0.15) is 0 Å². The van der Waals surface area contributed by atoms with Crippen LogP contribution in [-0.4, -0.2) is 61.4 Å². The van der Waals surface area contributed by atoms with Gasteiger partial charge in [0.25, 0.3) is 5.91 Å². The summed E-state index contributed by atoms with van der Waals surface area (Å²) in [5, 5.41) is -0.612. The second-order valence-corrected chi connectivity index (χ2v) is 12.6. The summed E-state index contributed by atoms with van der Waals surface area (Å²) in [6, 6.07) is 7.15. The quantitative estimate of drug-likeness (QED) is 0.577. The summed E-state index contributed by atoms with van der Waals surface area (Å²) in [6.45, 7) is 4.29. The Morgan fingerprint density at radius 3 is 2.42 bits per heavy atom. The van der Waals surface area contributed by atoms with Gasteiger partial charge in [0, 0.05) is 18.8 Å². The number of hydrogen-bond donors (Lipinski definition) is 0. The average Bonchev–Trinajstić information content (AvgIpc) is 3.05. The van der Waals surface area contributed by atoms with Crippen LogP contribution >= 0.6 is 11.6 Å². The summed E-state index contributed by atoms with van der Waals surface area (Å²) in [7, 11) is -7.02. The van der Waals surface area contributed by atoms with E-state index in [9.17, 15) is 21.6 Å². The Hall–Kier alpha value is -2.04. The lowest BCUT2D eigenvalue weighted by Gasteiger charge is -2.28. The molecule has 0 spiro atoms. The molecular formula is C20H24ClN3O5S2. The van der Waals surface area contributed by atoms with Gasteiger partial charge in [-0.3, -0.25) is 4.79 Å². The molecule has 1 fully saturated rings. The van der Waals surface area contributed by atoms with E-state index in [1.54, 1.807) is 0 Å². The molecule has 168 valence electrons. The first-order valence-electron chi connectivity index (χ1n) is 9.70. The fourth-order valence-corrected chi connectivity index (χ4v) is 5.81. The first-order chi connectivity index (χ1) is 14.4. The highest BCUT2D eigenvalue weighted by molar-refractivity contribution is 7.91. The van der Waals surface area contributed by atoms with E-state index in [4.69, 9.17) is 11.6 Å². The second kappa shape index (κ2) is 8.84. The Balaban J connectivity index is 1.99. The third-order valence-corrected chi connectivity index (χ3v) is 8.05. The van der Waals surface area contributed by atoms with Crippen molar-refractivity contribution in [2.45, 2.75) is 43.9 Å². The molecule has 8 nitrogen and oxygen atoms in total. The third-order valence-electron chi connectivity index (χ3n) is 5.17. The molecule has 1 atom stereocenters. The lowest BCUT2D eigenvalue weighted by Crippen LogP contribution is -2.41. The maximum absolute atomic E-state index is 13.4. The number of benzene rings is 1. The van der Waals surface area contributed by atoms with E-state index in [-0.39, 0.29) is 28.8 Å². The van der Waals surface area contributed by atoms with Gasteiger partial charge in [-0.15, -0.1) is 0 Å². The topological polar surface area (TPSA) is 114 Å². The molecule has 31 heavy (non-hydrogen) atoms. The summed E-state index contributed by atoms with van der Waals surface area (Å²) in [6.07, 6.45) is 2.29. The molecule has 1 aliphatic heterocycles. The van der Waals surface area contributed by atoms with Crippen molar-refractivity contribution < 1.29 is 21.6 Å². The largest absolute Gasteiger partial charge is 0.329 e. The highest BCUT2D eigenvalue weighted by Gasteiger charge is 2.36. The zero-order valence-electron chi connectivity index (χ0n) is 17.4. The van der Waals surface area contributed by atoms with Gasteiger partial charge in [0.05, 0.1) is 22.7 Å². The van der Waals surface area contributed by atoms with E-state index < -0.39 is 36.8 Å². The van der Waals surface area contributed by atoms with E-state index in [1.807, 2.05) is 24.3 Å². The van der Waals surface area contributed by atoms with Crippen molar-refractivity contribution in [1.29, 1.82) is 0 Å². The van der Waals surface area contributed by atoms with Gasteiger partial charge in [-0.25, -0.2) is 26.8 Å². The molecule has 0 N–H and O–H groups in total. The van der Waals surface area contributed by atoms with Crippen molar-refractivity contribution in [2.75, 3.05) is 17.8 Å². The van der Waals surface area contributed by atoms with Crippen molar-refractivity contribution in [2.24, 2.45) is 0 Å². The molecule has 0 saturated carbocycles. The molecular weight excluding hydrogens is 462 g/mol. The van der Waals surface area contributed by atoms with Crippen LogP contribution < -0.4 is 0 Å². The van der Waals surface area contributed by atoms with E-state index in [0.29, 0.717) is 12.3 Å². The number of amides is 1. The minimum absolute atomic E-state index is 0.0141. The predicted molar refractivity (Wildman–Crippen MR) is 118 cm³/mol. The minimum Gasteiger partial charge on any atom is -0.329 e. The van der Waals surface area contributed by atoms with Crippen LogP contribution in [0.2, 0.25) is 5.02 Å². The Bertz CT molecular complexity index is 1200. The second-order valence-electron chi connectivity index (χ2n) is 8.01. The van der Waals surface area contributed by atoms with Crippen molar-refractivity contribution in [3.63, 3.8) is 0 Å². The number of carbonyl (C=O) groups excluding carboxylic acids is 1. The molecule has 1 aromatic heterocycles. The number of sulfone groups is 2. The fraction of sp³-hybridized carbons (Fsp3) is 0.450. The maximum Gasteiger partial charge on any atom is 0.274 e. The first kappa shape index (κ1) is 23.6. The molecule has 2 heterocycles. The average molecular weight is 486 g/mol. The standard InChI is InChI=1S/C20H24ClN3O5S2/c1-13(2)15-6-4-14(5-7-15)11-24(16-8-9-31(28,29)12-16)19(25)18-17(21)10-22-20(23-18)30(3,26)27/h4-7,10,13,16H,8-9,11-12H2,1-3H3/t16-/m0/s1. The molecule has 0 unspecified atom stereocenters. The first-order valence-corrected chi connectivity index (χ1v) is 13.8. The normalized spacial score (nSPS) is 18.3. The Kier molecular flexibility index (Phi) is 6.73. The van der Waals surface area contributed by atoms with Gasteiger partial charge in [0.15, 0.2) is 15.5 Å². The molecule has 11 heteroatoms. The van der Waals surface area contributed by atoms with Crippen LogP contribution in [0.4, 0.5) is 0 Å². The van der Waals surface area contributed by atoms with Gasteiger partial charge >= 0.3 is 0 Å². The highest BCUT2D eigenvalue weighted by Crippen LogP contribution is 2.25. The van der Waals surface area contributed by atoms with Gasteiger partial charge < -0.3 is 4.90 Å². The van der Waals surface area contributed by atoms with Crippen LogP contribution in [0, 0.1) is 0 Å². The third kappa shape index (κ3) is 5.61. The molecule has 1 aromatic carbocycles. The molecule has 1 aliphatic rings. The van der Waals surface area contributed by atoms with Crippen LogP contribution in [-0.2, 0) is 26.2 Å². The van der Waals surface area contributed by atoms with Crippen molar-refractivity contribution in [1.82, 2.24) is 14.9 Å². The molecule has 0 aliphatic carbocycles. The maximum atomic E-state index is 13.4. The smallest absolute Gasteiger partial charge is 0.274 e. The predicted octanol–water partition coefficient (Wildman–Crippen LogP) is 2.49. The van der Waals surface area contributed by atoms with Crippen LogP contribution in [0.1, 0.15) is 47.8 Å². The molecule has 1 saturated heterocycles. The molecule has 2 aromatic rings. The SMILES string of the molecule is CC(C)c1ccc(CN(C(=O)c2nc(S(C)(=O)=O)ncc2Cl)[C@H]2CCS(=O)(=O)C2)cc1.